The molecule has 5 nitrogen and oxygen atoms in total. The average molecular weight is 289 g/mol. The van der Waals surface area contributed by atoms with Crippen LogP contribution >= 0.6 is 0 Å². The molecule has 0 fully saturated rings. The molecule has 1 amide bonds. The molecule has 114 valence electrons. The van der Waals surface area contributed by atoms with Crippen LogP contribution in [-0.2, 0) is 17.8 Å². The molecular weight excluding hydrogens is 266 g/mol. The van der Waals surface area contributed by atoms with E-state index in [4.69, 9.17) is 10.9 Å². The van der Waals surface area contributed by atoms with Gasteiger partial charge in [0.15, 0.2) is 0 Å². The third-order valence-electron chi connectivity index (χ3n) is 3.76. The zero-order valence-corrected chi connectivity index (χ0v) is 12.4. The zero-order chi connectivity index (χ0) is 15.2. The number of amides is 1. The molecule has 0 spiro atoms. The lowest BCUT2D eigenvalue weighted by Gasteiger charge is -2.08. The van der Waals surface area contributed by atoms with E-state index in [1.54, 1.807) is 5.48 Å². The number of carbonyl (C=O) groups excluding carboxylic acids is 1. The van der Waals surface area contributed by atoms with Gasteiger partial charge in [-0.05, 0) is 24.5 Å². The van der Waals surface area contributed by atoms with E-state index in [1.165, 1.54) is 18.4 Å². The van der Waals surface area contributed by atoms with Gasteiger partial charge in [-0.2, -0.15) is 0 Å². The van der Waals surface area contributed by atoms with Gasteiger partial charge in [-0.25, -0.2) is 5.48 Å². The second kappa shape index (κ2) is 7.24. The highest BCUT2D eigenvalue weighted by atomic mass is 16.5. The van der Waals surface area contributed by atoms with Crippen LogP contribution in [0, 0.1) is 0 Å². The minimum Gasteiger partial charge on any atom is -0.347 e. The Bertz CT molecular complexity index is 607. The normalized spacial score (nSPS) is 12.5. The number of aromatic nitrogens is 1. The van der Waals surface area contributed by atoms with Crippen LogP contribution in [0.15, 0.2) is 30.5 Å². The molecule has 1 aromatic carbocycles. The Balaban J connectivity index is 2.25. The van der Waals surface area contributed by atoms with Crippen molar-refractivity contribution in [2.45, 2.75) is 45.2 Å². The lowest BCUT2D eigenvalue weighted by atomic mass is 10.1. The van der Waals surface area contributed by atoms with Crippen LogP contribution in [0.1, 0.15) is 31.7 Å². The molecule has 0 bridgehead atoms. The first kappa shape index (κ1) is 15.5. The minimum absolute atomic E-state index is 0.410. The number of hydrogen-bond donors (Lipinski definition) is 3. The first-order valence-corrected chi connectivity index (χ1v) is 7.43. The van der Waals surface area contributed by atoms with Crippen LogP contribution in [-0.4, -0.2) is 21.7 Å². The highest BCUT2D eigenvalue weighted by Crippen LogP contribution is 2.23. The van der Waals surface area contributed by atoms with E-state index < -0.39 is 11.9 Å². The van der Waals surface area contributed by atoms with Crippen molar-refractivity contribution in [1.29, 1.82) is 0 Å². The van der Waals surface area contributed by atoms with Gasteiger partial charge in [0.25, 0.3) is 5.91 Å². The van der Waals surface area contributed by atoms with Gasteiger partial charge in [0.05, 0.1) is 6.04 Å². The van der Waals surface area contributed by atoms with E-state index in [2.05, 4.69) is 23.8 Å². The van der Waals surface area contributed by atoms with Gasteiger partial charge in [0.2, 0.25) is 0 Å². The van der Waals surface area contributed by atoms with Crippen LogP contribution in [0.25, 0.3) is 10.9 Å². The van der Waals surface area contributed by atoms with Gasteiger partial charge in [-0.3, -0.25) is 10.0 Å². The van der Waals surface area contributed by atoms with Crippen molar-refractivity contribution in [3.63, 3.8) is 0 Å². The summed E-state index contributed by atoms with van der Waals surface area (Å²) in [5.41, 5.74) is 9.62. The molecule has 21 heavy (non-hydrogen) atoms. The number of nitrogens with two attached hydrogens (primary N) is 1. The Hall–Kier alpha value is -1.85. The minimum atomic E-state index is -0.745. The van der Waals surface area contributed by atoms with Gasteiger partial charge < -0.3 is 10.3 Å². The number of nitrogens with one attached hydrogen (secondary N) is 1. The summed E-state index contributed by atoms with van der Waals surface area (Å²) >= 11 is 0. The molecular formula is C16H23N3O2. The highest BCUT2D eigenvalue weighted by molar-refractivity contribution is 5.86. The van der Waals surface area contributed by atoms with Crippen LogP contribution < -0.4 is 11.2 Å². The number of hydrogen-bond acceptors (Lipinski definition) is 3. The SMILES string of the molecule is CCCCCn1cc(C[C@@H](N)C(=O)NO)c2ccccc21. The average Bonchev–Trinajstić information content (AvgIpc) is 2.85. The first-order valence-electron chi connectivity index (χ1n) is 7.43. The van der Waals surface area contributed by atoms with Crippen molar-refractivity contribution in [1.82, 2.24) is 10.0 Å². The highest BCUT2D eigenvalue weighted by Gasteiger charge is 2.16. The van der Waals surface area contributed by atoms with Crippen molar-refractivity contribution in [3.8, 4) is 0 Å². The molecule has 0 aliphatic rings. The van der Waals surface area contributed by atoms with Gasteiger partial charge in [-0.15, -0.1) is 0 Å². The number of hydroxylamine groups is 1. The summed E-state index contributed by atoms with van der Waals surface area (Å²) in [5.74, 6) is -0.558. The standard InChI is InChI=1S/C16H23N3O2/c1-2-3-6-9-19-11-12(10-14(17)16(20)18-21)13-7-4-5-8-15(13)19/h4-5,7-8,11,14,21H,2-3,6,9-10,17H2,1H3,(H,18,20)/t14-/m1/s1. The van der Waals surface area contributed by atoms with Crippen molar-refractivity contribution in [2.24, 2.45) is 5.73 Å². The molecule has 0 saturated heterocycles. The Morgan fingerprint density at radius 2 is 2.14 bits per heavy atom. The second-order valence-electron chi connectivity index (χ2n) is 5.36. The molecule has 0 saturated carbocycles. The molecule has 1 heterocycles. The lowest BCUT2D eigenvalue weighted by Crippen LogP contribution is -2.40. The predicted molar refractivity (Wildman–Crippen MR) is 83.1 cm³/mol. The summed E-state index contributed by atoms with van der Waals surface area (Å²) in [6.07, 6.45) is 6.01. The Kier molecular flexibility index (Phi) is 5.36. The Morgan fingerprint density at radius 3 is 2.86 bits per heavy atom. The molecule has 2 aromatic rings. The number of unbranched alkanes of at least 4 members (excludes halogenated alkanes) is 2. The number of nitrogens with zero attached hydrogens (tertiary/aromatic N) is 1. The predicted octanol–water partition coefficient (Wildman–Crippen LogP) is 2.21. The van der Waals surface area contributed by atoms with E-state index >= 15 is 0 Å². The van der Waals surface area contributed by atoms with Gasteiger partial charge in [0, 0.05) is 23.6 Å². The maximum absolute atomic E-state index is 11.4. The first-order chi connectivity index (χ1) is 10.2. The van der Waals surface area contributed by atoms with Crippen LogP contribution in [0.5, 0.6) is 0 Å². The topological polar surface area (TPSA) is 80.3 Å². The summed E-state index contributed by atoms with van der Waals surface area (Å²) < 4.78 is 2.23. The van der Waals surface area contributed by atoms with Crippen LogP contribution in [0.4, 0.5) is 0 Å². The van der Waals surface area contributed by atoms with Crippen molar-refractivity contribution in [2.75, 3.05) is 0 Å². The summed E-state index contributed by atoms with van der Waals surface area (Å²) in [6.45, 7) is 3.15. The molecule has 0 aliphatic carbocycles. The molecule has 2 rings (SSSR count). The van der Waals surface area contributed by atoms with E-state index in [-0.39, 0.29) is 0 Å². The maximum Gasteiger partial charge on any atom is 0.260 e. The third kappa shape index (κ3) is 3.62. The van der Waals surface area contributed by atoms with Gasteiger partial charge in [-0.1, -0.05) is 38.0 Å². The molecule has 4 N–H and O–H groups in total. The van der Waals surface area contributed by atoms with E-state index in [0.29, 0.717) is 6.42 Å². The number of fused-ring (bicyclic) bond motifs is 1. The summed E-state index contributed by atoms with van der Waals surface area (Å²) in [4.78, 5) is 11.4. The van der Waals surface area contributed by atoms with Gasteiger partial charge in [0.1, 0.15) is 0 Å². The maximum atomic E-state index is 11.4. The van der Waals surface area contributed by atoms with Crippen LogP contribution in [0.3, 0.4) is 0 Å². The number of aryl methyl sites for hydroxylation is 1. The summed E-state index contributed by atoms with van der Waals surface area (Å²) in [7, 11) is 0. The van der Waals surface area contributed by atoms with Gasteiger partial charge >= 0.3 is 0 Å². The fourth-order valence-corrected chi connectivity index (χ4v) is 2.62. The largest absolute Gasteiger partial charge is 0.347 e. The number of rotatable bonds is 7. The van der Waals surface area contributed by atoms with Crippen molar-refractivity contribution >= 4 is 16.8 Å². The lowest BCUT2D eigenvalue weighted by molar-refractivity contribution is -0.130. The van der Waals surface area contributed by atoms with Crippen molar-refractivity contribution in [3.05, 3.63) is 36.0 Å². The third-order valence-corrected chi connectivity index (χ3v) is 3.76. The fraction of sp³-hybridized carbons (Fsp3) is 0.438. The number of benzene rings is 1. The number of carbonyl (C=O) groups is 1. The summed E-state index contributed by atoms with van der Waals surface area (Å²) in [5, 5.41) is 9.78. The Morgan fingerprint density at radius 1 is 1.38 bits per heavy atom. The quantitative estimate of drug-likeness (QED) is 0.415. The number of para-hydroxylation sites is 1. The molecule has 0 radical (unpaired) electrons. The Labute approximate surface area is 124 Å². The molecule has 1 aromatic heterocycles. The van der Waals surface area contributed by atoms with E-state index in [1.807, 2.05) is 18.2 Å². The molecule has 1 atom stereocenters. The molecule has 0 aliphatic heterocycles. The van der Waals surface area contributed by atoms with E-state index in [9.17, 15) is 4.79 Å². The monoisotopic (exact) mass is 289 g/mol. The zero-order valence-electron chi connectivity index (χ0n) is 12.4. The fourth-order valence-electron chi connectivity index (χ4n) is 2.62. The second-order valence-corrected chi connectivity index (χ2v) is 5.36. The van der Waals surface area contributed by atoms with E-state index in [0.717, 1.165) is 23.9 Å². The molecule has 0 unspecified atom stereocenters. The smallest absolute Gasteiger partial charge is 0.260 e. The summed E-state index contributed by atoms with van der Waals surface area (Å²) in [6, 6.07) is 7.39. The van der Waals surface area contributed by atoms with Crippen molar-refractivity contribution < 1.29 is 10.0 Å². The molecule has 5 heteroatoms. The van der Waals surface area contributed by atoms with Crippen LogP contribution in [0.2, 0.25) is 0 Å².